The zero-order valence-electron chi connectivity index (χ0n) is 8.27. The molecule has 3 nitrogen and oxygen atoms in total. The SMILES string of the molecule is CN(C)CCNCC1CCNC1. The number of hydrogen-bond acceptors (Lipinski definition) is 3. The molecule has 0 aromatic rings. The minimum absolute atomic E-state index is 0.868. The highest BCUT2D eigenvalue weighted by atomic mass is 15.1. The van der Waals surface area contributed by atoms with Gasteiger partial charge in [0.05, 0.1) is 0 Å². The van der Waals surface area contributed by atoms with Crippen molar-refractivity contribution in [1.29, 1.82) is 0 Å². The third-order valence-corrected chi connectivity index (χ3v) is 2.33. The monoisotopic (exact) mass is 171 g/mol. The van der Waals surface area contributed by atoms with E-state index in [1.807, 2.05) is 0 Å². The summed E-state index contributed by atoms with van der Waals surface area (Å²) in [6, 6.07) is 0. The van der Waals surface area contributed by atoms with Crippen LogP contribution < -0.4 is 10.6 Å². The average molecular weight is 171 g/mol. The lowest BCUT2D eigenvalue weighted by Gasteiger charge is -2.12. The van der Waals surface area contributed by atoms with Gasteiger partial charge in [-0.05, 0) is 46.1 Å². The van der Waals surface area contributed by atoms with Crippen LogP contribution in [0.15, 0.2) is 0 Å². The van der Waals surface area contributed by atoms with Crippen LogP contribution in [-0.2, 0) is 0 Å². The fourth-order valence-electron chi connectivity index (χ4n) is 1.50. The molecule has 1 unspecified atom stereocenters. The highest BCUT2D eigenvalue weighted by molar-refractivity contribution is 4.72. The van der Waals surface area contributed by atoms with Crippen molar-refractivity contribution in [1.82, 2.24) is 15.5 Å². The minimum atomic E-state index is 0.868. The van der Waals surface area contributed by atoms with Gasteiger partial charge < -0.3 is 15.5 Å². The van der Waals surface area contributed by atoms with Gasteiger partial charge in [-0.25, -0.2) is 0 Å². The number of nitrogens with one attached hydrogen (secondary N) is 2. The first-order valence-corrected chi connectivity index (χ1v) is 4.85. The Labute approximate surface area is 75.5 Å². The Morgan fingerprint density at radius 3 is 2.92 bits per heavy atom. The van der Waals surface area contributed by atoms with E-state index in [1.165, 1.54) is 26.1 Å². The van der Waals surface area contributed by atoms with Crippen LogP contribution in [0.5, 0.6) is 0 Å². The van der Waals surface area contributed by atoms with E-state index < -0.39 is 0 Å². The Hall–Kier alpha value is -0.120. The molecule has 1 fully saturated rings. The lowest BCUT2D eigenvalue weighted by atomic mass is 10.1. The molecule has 1 saturated heterocycles. The summed E-state index contributed by atoms with van der Waals surface area (Å²) in [6.07, 6.45) is 1.34. The number of nitrogens with zero attached hydrogens (tertiary/aromatic N) is 1. The van der Waals surface area contributed by atoms with E-state index in [-0.39, 0.29) is 0 Å². The molecule has 0 spiro atoms. The molecule has 0 radical (unpaired) electrons. The molecule has 1 atom stereocenters. The number of hydrogen-bond donors (Lipinski definition) is 2. The topological polar surface area (TPSA) is 27.3 Å². The molecule has 0 amide bonds. The Kier molecular flexibility index (Phi) is 4.58. The first kappa shape index (κ1) is 9.96. The van der Waals surface area contributed by atoms with Crippen molar-refractivity contribution in [2.75, 3.05) is 46.8 Å². The summed E-state index contributed by atoms with van der Waals surface area (Å²) in [4.78, 5) is 2.21. The van der Waals surface area contributed by atoms with Crippen molar-refractivity contribution in [2.24, 2.45) is 5.92 Å². The van der Waals surface area contributed by atoms with E-state index in [9.17, 15) is 0 Å². The normalized spacial score (nSPS) is 23.8. The van der Waals surface area contributed by atoms with Gasteiger partial charge >= 0.3 is 0 Å². The molecule has 1 heterocycles. The van der Waals surface area contributed by atoms with Crippen LogP contribution >= 0.6 is 0 Å². The predicted molar refractivity (Wildman–Crippen MR) is 52.4 cm³/mol. The van der Waals surface area contributed by atoms with E-state index in [0.29, 0.717) is 0 Å². The zero-order chi connectivity index (χ0) is 8.81. The van der Waals surface area contributed by atoms with E-state index >= 15 is 0 Å². The van der Waals surface area contributed by atoms with Gasteiger partial charge in [-0.15, -0.1) is 0 Å². The summed E-state index contributed by atoms with van der Waals surface area (Å²) in [7, 11) is 4.22. The molecular weight excluding hydrogens is 150 g/mol. The van der Waals surface area contributed by atoms with Gasteiger partial charge in [-0.3, -0.25) is 0 Å². The van der Waals surface area contributed by atoms with Gasteiger partial charge in [0, 0.05) is 13.1 Å². The van der Waals surface area contributed by atoms with Gasteiger partial charge in [-0.2, -0.15) is 0 Å². The highest BCUT2D eigenvalue weighted by Crippen LogP contribution is 2.04. The molecular formula is C9H21N3. The number of rotatable bonds is 5. The summed E-state index contributed by atoms with van der Waals surface area (Å²) < 4.78 is 0. The van der Waals surface area contributed by atoms with E-state index in [0.717, 1.165) is 19.0 Å². The molecule has 0 bridgehead atoms. The Morgan fingerprint density at radius 2 is 2.33 bits per heavy atom. The first-order valence-electron chi connectivity index (χ1n) is 4.85. The molecule has 3 heteroatoms. The highest BCUT2D eigenvalue weighted by Gasteiger charge is 2.12. The van der Waals surface area contributed by atoms with Crippen LogP contribution in [0.3, 0.4) is 0 Å². The lowest BCUT2D eigenvalue weighted by molar-refractivity contribution is 0.390. The van der Waals surface area contributed by atoms with Crippen LogP contribution in [0.2, 0.25) is 0 Å². The standard InChI is InChI=1S/C9H21N3/c1-12(2)6-5-11-8-9-3-4-10-7-9/h9-11H,3-8H2,1-2H3. The predicted octanol–water partition coefficient (Wildman–Crippen LogP) is -0.253. The molecule has 1 aliphatic heterocycles. The van der Waals surface area contributed by atoms with Crippen LogP contribution in [-0.4, -0.2) is 51.7 Å². The van der Waals surface area contributed by atoms with Gasteiger partial charge in [0.25, 0.3) is 0 Å². The van der Waals surface area contributed by atoms with Gasteiger partial charge in [0.15, 0.2) is 0 Å². The van der Waals surface area contributed by atoms with E-state index in [4.69, 9.17) is 0 Å². The van der Waals surface area contributed by atoms with Crippen molar-refractivity contribution in [3.63, 3.8) is 0 Å². The second kappa shape index (κ2) is 5.51. The molecule has 1 rings (SSSR count). The Bertz CT molecular complexity index is 108. The largest absolute Gasteiger partial charge is 0.316 e. The summed E-state index contributed by atoms with van der Waals surface area (Å²) in [5, 5.41) is 6.85. The summed E-state index contributed by atoms with van der Waals surface area (Å²) >= 11 is 0. The van der Waals surface area contributed by atoms with E-state index in [2.05, 4.69) is 29.6 Å². The maximum atomic E-state index is 3.48. The average Bonchev–Trinajstić information content (AvgIpc) is 2.49. The van der Waals surface area contributed by atoms with Gasteiger partial charge in [0.1, 0.15) is 0 Å². The molecule has 0 aliphatic carbocycles. The fraction of sp³-hybridized carbons (Fsp3) is 1.00. The van der Waals surface area contributed by atoms with Crippen molar-refractivity contribution in [3.05, 3.63) is 0 Å². The molecule has 0 saturated carbocycles. The maximum Gasteiger partial charge on any atom is 0.0101 e. The quantitative estimate of drug-likeness (QED) is 0.558. The van der Waals surface area contributed by atoms with Crippen molar-refractivity contribution < 1.29 is 0 Å². The first-order chi connectivity index (χ1) is 5.79. The Balaban J connectivity index is 1.88. The summed E-state index contributed by atoms with van der Waals surface area (Å²) in [5.74, 6) is 0.868. The molecule has 0 aromatic carbocycles. The van der Waals surface area contributed by atoms with Crippen LogP contribution in [0, 0.1) is 5.92 Å². The Morgan fingerprint density at radius 1 is 1.50 bits per heavy atom. The molecule has 72 valence electrons. The van der Waals surface area contributed by atoms with Gasteiger partial charge in [0.2, 0.25) is 0 Å². The second-order valence-electron chi connectivity index (χ2n) is 3.87. The third kappa shape index (κ3) is 4.04. The number of likely N-dealkylation sites (N-methyl/N-ethyl adjacent to an activating group) is 1. The third-order valence-electron chi connectivity index (χ3n) is 2.33. The maximum absolute atomic E-state index is 3.48. The van der Waals surface area contributed by atoms with Crippen molar-refractivity contribution >= 4 is 0 Å². The van der Waals surface area contributed by atoms with E-state index in [1.54, 1.807) is 0 Å². The van der Waals surface area contributed by atoms with Crippen LogP contribution in [0.25, 0.3) is 0 Å². The zero-order valence-corrected chi connectivity index (χ0v) is 8.27. The summed E-state index contributed by atoms with van der Waals surface area (Å²) in [6.45, 7) is 5.85. The smallest absolute Gasteiger partial charge is 0.0101 e. The molecule has 1 aliphatic rings. The molecule has 12 heavy (non-hydrogen) atoms. The molecule has 0 aromatic heterocycles. The lowest BCUT2D eigenvalue weighted by Crippen LogP contribution is -2.31. The fourth-order valence-corrected chi connectivity index (χ4v) is 1.50. The molecule has 2 N–H and O–H groups in total. The van der Waals surface area contributed by atoms with Crippen LogP contribution in [0.1, 0.15) is 6.42 Å². The minimum Gasteiger partial charge on any atom is -0.316 e. The van der Waals surface area contributed by atoms with Crippen molar-refractivity contribution in [2.45, 2.75) is 6.42 Å². The van der Waals surface area contributed by atoms with Crippen molar-refractivity contribution in [3.8, 4) is 0 Å². The summed E-state index contributed by atoms with van der Waals surface area (Å²) in [5.41, 5.74) is 0. The van der Waals surface area contributed by atoms with Crippen LogP contribution in [0.4, 0.5) is 0 Å². The second-order valence-corrected chi connectivity index (χ2v) is 3.87. The van der Waals surface area contributed by atoms with Gasteiger partial charge in [-0.1, -0.05) is 0 Å².